The average Bonchev–Trinajstić information content (AvgIpc) is 2.25. The fraction of sp³-hybridized carbons (Fsp3) is 0.462. The molecule has 1 heterocycles. The van der Waals surface area contributed by atoms with E-state index in [0.29, 0.717) is 19.5 Å². The first-order valence-electron chi connectivity index (χ1n) is 5.69. The molecule has 0 spiro atoms. The van der Waals surface area contributed by atoms with E-state index >= 15 is 0 Å². The highest BCUT2D eigenvalue weighted by Crippen LogP contribution is 2.21. The molecule has 4 nitrogen and oxygen atoms in total. The van der Waals surface area contributed by atoms with E-state index in [4.69, 9.17) is 9.84 Å². The number of aliphatic hydroxyl groups excluding tert-OH is 1. The van der Waals surface area contributed by atoms with E-state index < -0.39 is 0 Å². The van der Waals surface area contributed by atoms with Crippen LogP contribution in [0.4, 0.5) is 0 Å². The van der Waals surface area contributed by atoms with Crippen LogP contribution in [0, 0.1) is 6.92 Å². The lowest BCUT2D eigenvalue weighted by molar-refractivity contribution is -0.140. The van der Waals surface area contributed by atoms with Crippen molar-refractivity contribution < 1.29 is 14.6 Å². The van der Waals surface area contributed by atoms with Gasteiger partial charge in [-0.05, 0) is 13.0 Å². The minimum Gasteiger partial charge on any atom is -0.496 e. The molecule has 0 aliphatic carbocycles. The number of hydrogen-bond acceptors (Lipinski definition) is 3. The lowest BCUT2D eigenvalue weighted by atomic mass is 10.0. The fourth-order valence-electron chi connectivity index (χ4n) is 1.98. The quantitative estimate of drug-likeness (QED) is 0.841. The average molecular weight is 235 g/mol. The van der Waals surface area contributed by atoms with Gasteiger partial charge in [0.1, 0.15) is 5.75 Å². The topological polar surface area (TPSA) is 49.8 Å². The van der Waals surface area contributed by atoms with Crippen LogP contribution in [0.25, 0.3) is 0 Å². The Hall–Kier alpha value is -1.55. The van der Waals surface area contributed by atoms with E-state index in [9.17, 15) is 4.79 Å². The molecule has 0 atom stereocenters. The number of ether oxygens (including phenoxy) is 1. The number of β-amino-alcohol motifs (C(OH)–C–C–N with tert-alkyl or cyclic N) is 1. The van der Waals surface area contributed by atoms with Crippen LogP contribution >= 0.6 is 0 Å². The van der Waals surface area contributed by atoms with Gasteiger partial charge in [-0.3, -0.25) is 4.79 Å². The lowest BCUT2D eigenvalue weighted by Crippen LogP contribution is -2.53. The summed E-state index contributed by atoms with van der Waals surface area (Å²) in [5, 5.41) is 9.16. The second kappa shape index (κ2) is 4.75. The van der Waals surface area contributed by atoms with Gasteiger partial charge >= 0.3 is 0 Å². The summed E-state index contributed by atoms with van der Waals surface area (Å²) in [5.41, 5.74) is 2.01. The third kappa shape index (κ3) is 2.58. The maximum Gasteiger partial charge on any atom is 0.227 e. The van der Waals surface area contributed by atoms with Crippen molar-refractivity contribution in [2.75, 3.05) is 20.2 Å². The van der Waals surface area contributed by atoms with Gasteiger partial charge in [-0.2, -0.15) is 0 Å². The predicted octanol–water partition coefficient (Wildman–Crippen LogP) is 0.749. The zero-order valence-corrected chi connectivity index (χ0v) is 10.1. The Morgan fingerprint density at radius 1 is 1.53 bits per heavy atom. The third-order valence-electron chi connectivity index (χ3n) is 2.99. The molecule has 1 aromatic carbocycles. The minimum absolute atomic E-state index is 0.0409. The highest BCUT2D eigenvalue weighted by Gasteiger charge is 2.28. The highest BCUT2D eigenvalue weighted by atomic mass is 16.5. The standard InChI is InChI=1S/C13H17NO3/c1-9-3-4-12(17-2)10(5-9)6-13(16)14-7-11(15)8-14/h3-5,11,15H,6-8H2,1-2H3. The van der Waals surface area contributed by atoms with Gasteiger partial charge in [-0.25, -0.2) is 0 Å². The van der Waals surface area contributed by atoms with Crippen molar-refractivity contribution in [2.24, 2.45) is 0 Å². The van der Waals surface area contributed by atoms with Crippen LogP contribution in [-0.2, 0) is 11.2 Å². The molecule has 2 rings (SSSR count). The summed E-state index contributed by atoms with van der Waals surface area (Å²) in [6.07, 6.45) is -0.0178. The Morgan fingerprint density at radius 2 is 2.24 bits per heavy atom. The largest absolute Gasteiger partial charge is 0.496 e. The molecular weight excluding hydrogens is 218 g/mol. The summed E-state index contributed by atoms with van der Waals surface area (Å²) >= 11 is 0. The normalized spacial score (nSPS) is 15.6. The Balaban J connectivity index is 2.07. The minimum atomic E-state index is -0.349. The monoisotopic (exact) mass is 235 g/mol. The summed E-state index contributed by atoms with van der Waals surface area (Å²) in [5.74, 6) is 0.782. The van der Waals surface area contributed by atoms with Crippen molar-refractivity contribution >= 4 is 5.91 Å². The molecule has 0 saturated carbocycles. The summed E-state index contributed by atoms with van der Waals surface area (Å²) < 4.78 is 5.23. The van der Waals surface area contributed by atoms with Crippen molar-refractivity contribution in [2.45, 2.75) is 19.4 Å². The van der Waals surface area contributed by atoms with Gasteiger partial charge in [-0.15, -0.1) is 0 Å². The van der Waals surface area contributed by atoms with Gasteiger partial charge < -0.3 is 14.7 Å². The van der Waals surface area contributed by atoms with E-state index in [2.05, 4.69) is 0 Å². The number of benzene rings is 1. The van der Waals surface area contributed by atoms with Gasteiger partial charge in [0, 0.05) is 18.7 Å². The van der Waals surface area contributed by atoms with E-state index in [1.165, 1.54) is 0 Å². The van der Waals surface area contributed by atoms with Crippen LogP contribution in [0.3, 0.4) is 0 Å². The van der Waals surface area contributed by atoms with Crippen molar-refractivity contribution in [1.82, 2.24) is 4.90 Å². The first-order valence-corrected chi connectivity index (χ1v) is 5.69. The van der Waals surface area contributed by atoms with Crippen LogP contribution in [0.2, 0.25) is 0 Å². The number of methoxy groups -OCH3 is 1. The predicted molar refractivity (Wildman–Crippen MR) is 64.0 cm³/mol. The van der Waals surface area contributed by atoms with Crippen molar-refractivity contribution in [1.29, 1.82) is 0 Å². The molecule has 1 N–H and O–H groups in total. The Bertz CT molecular complexity index is 425. The molecular formula is C13H17NO3. The Morgan fingerprint density at radius 3 is 2.82 bits per heavy atom. The first kappa shape index (κ1) is 11.9. The second-order valence-corrected chi connectivity index (χ2v) is 4.44. The molecule has 0 radical (unpaired) electrons. The van der Waals surface area contributed by atoms with E-state index in [-0.39, 0.29) is 12.0 Å². The van der Waals surface area contributed by atoms with E-state index in [1.807, 2.05) is 25.1 Å². The number of carbonyl (C=O) groups is 1. The molecule has 1 aliphatic heterocycles. The maximum absolute atomic E-state index is 11.9. The van der Waals surface area contributed by atoms with Gasteiger partial charge in [0.2, 0.25) is 5.91 Å². The molecule has 0 aromatic heterocycles. The molecule has 1 aromatic rings. The van der Waals surface area contributed by atoms with Crippen molar-refractivity contribution in [3.63, 3.8) is 0 Å². The molecule has 92 valence electrons. The number of carbonyl (C=O) groups excluding carboxylic acids is 1. The van der Waals surface area contributed by atoms with Gasteiger partial charge in [0.05, 0.1) is 19.6 Å². The Kier molecular flexibility index (Phi) is 3.33. The number of aryl methyl sites for hydroxylation is 1. The lowest BCUT2D eigenvalue weighted by Gasteiger charge is -2.36. The summed E-state index contributed by atoms with van der Waals surface area (Å²) in [6, 6.07) is 5.80. The van der Waals surface area contributed by atoms with E-state index in [0.717, 1.165) is 16.9 Å². The molecule has 1 fully saturated rings. The van der Waals surface area contributed by atoms with Crippen LogP contribution in [0.1, 0.15) is 11.1 Å². The second-order valence-electron chi connectivity index (χ2n) is 4.44. The Labute approximate surface area is 101 Å². The number of likely N-dealkylation sites (tertiary alicyclic amines) is 1. The van der Waals surface area contributed by atoms with Crippen molar-refractivity contribution in [3.8, 4) is 5.75 Å². The molecule has 4 heteroatoms. The third-order valence-corrected chi connectivity index (χ3v) is 2.99. The maximum atomic E-state index is 11.9. The smallest absolute Gasteiger partial charge is 0.227 e. The summed E-state index contributed by atoms with van der Waals surface area (Å²) in [6.45, 7) is 2.89. The van der Waals surface area contributed by atoms with Gasteiger partial charge in [0.25, 0.3) is 0 Å². The number of nitrogens with zero attached hydrogens (tertiary/aromatic N) is 1. The van der Waals surface area contributed by atoms with Crippen molar-refractivity contribution in [3.05, 3.63) is 29.3 Å². The molecule has 1 amide bonds. The number of hydrogen-bond donors (Lipinski definition) is 1. The zero-order chi connectivity index (χ0) is 12.4. The highest BCUT2D eigenvalue weighted by molar-refractivity contribution is 5.80. The molecule has 0 bridgehead atoms. The van der Waals surface area contributed by atoms with Gasteiger partial charge in [-0.1, -0.05) is 17.7 Å². The fourth-order valence-corrected chi connectivity index (χ4v) is 1.98. The van der Waals surface area contributed by atoms with Crippen LogP contribution < -0.4 is 4.74 Å². The van der Waals surface area contributed by atoms with Crippen LogP contribution in [-0.4, -0.2) is 42.2 Å². The first-order chi connectivity index (χ1) is 8.10. The summed E-state index contributed by atoms with van der Waals surface area (Å²) in [4.78, 5) is 13.5. The van der Waals surface area contributed by atoms with Gasteiger partial charge in [0.15, 0.2) is 0 Å². The van der Waals surface area contributed by atoms with Crippen LogP contribution in [0.15, 0.2) is 18.2 Å². The molecule has 17 heavy (non-hydrogen) atoms. The summed E-state index contributed by atoms with van der Waals surface area (Å²) in [7, 11) is 1.60. The number of aliphatic hydroxyl groups is 1. The zero-order valence-electron chi connectivity index (χ0n) is 10.1. The number of amides is 1. The molecule has 0 unspecified atom stereocenters. The van der Waals surface area contributed by atoms with Crippen LogP contribution in [0.5, 0.6) is 5.75 Å². The SMILES string of the molecule is COc1ccc(C)cc1CC(=O)N1CC(O)C1. The van der Waals surface area contributed by atoms with E-state index in [1.54, 1.807) is 12.0 Å². The molecule has 1 saturated heterocycles. The molecule has 1 aliphatic rings. The number of rotatable bonds is 3.